The molecule has 5 nitrogen and oxygen atoms in total. The van der Waals surface area contributed by atoms with Gasteiger partial charge in [0.2, 0.25) is 0 Å². The molecule has 0 bridgehead atoms. The van der Waals surface area contributed by atoms with Crippen molar-refractivity contribution in [3.8, 4) is 0 Å². The van der Waals surface area contributed by atoms with E-state index in [1.165, 1.54) is 5.56 Å². The zero-order valence-electron chi connectivity index (χ0n) is 12.0. The predicted octanol–water partition coefficient (Wildman–Crippen LogP) is 1.26. The van der Waals surface area contributed by atoms with Gasteiger partial charge in [0.05, 0.1) is 23.7 Å². The van der Waals surface area contributed by atoms with Gasteiger partial charge >= 0.3 is 0 Å². The normalized spacial score (nSPS) is 27.9. The predicted molar refractivity (Wildman–Crippen MR) is 78.4 cm³/mol. The molecule has 1 aromatic heterocycles. The van der Waals surface area contributed by atoms with Crippen LogP contribution in [0, 0.1) is 12.8 Å². The van der Waals surface area contributed by atoms with Crippen LogP contribution >= 0.6 is 0 Å². The van der Waals surface area contributed by atoms with E-state index in [2.05, 4.69) is 27.8 Å². The summed E-state index contributed by atoms with van der Waals surface area (Å²) in [6.07, 6.45) is 6.84. The molecule has 0 saturated carbocycles. The van der Waals surface area contributed by atoms with Gasteiger partial charge in [0.25, 0.3) is 0 Å². The van der Waals surface area contributed by atoms with Crippen molar-refractivity contribution in [2.45, 2.75) is 32.2 Å². The lowest BCUT2D eigenvalue weighted by Crippen LogP contribution is -2.33. The molecule has 0 amide bonds. The Hall–Kier alpha value is -0.880. The Morgan fingerprint density at radius 3 is 2.70 bits per heavy atom. The maximum absolute atomic E-state index is 11.4. The first-order chi connectivity index (χ1) is 9.52. The Labute approximate surface area is 120 Å². The van der Waals surface area contributed by atoms with Crippen molar-refractivity contribution in [2.75, 3.05) is 31.1 Å². The zero-order valence-corrected chi connectivity index (χ0v) is 12.8. The van der Waals surface area contributed by atoms with E-state index in [0.29, 0.717) is 23.5 Å². The maximum atomic E-state index is 11.4. The fourth-order valence-electron chi connectivity index (χ4n) is 3.31. The number of sulfone groups is 1. The topological polar surface area (TPSA) is 55.2 Å². The highest BCUT2D eigenvalue weighted by Crippen LogP contribution is 2.25. The Bertz CT molecular complexity index is 553. The van der Waals surface area contributed by atoms with E-state index in [4.69, 9.17) is 0 Å². The second-order valence-corrected chi connectivity index (χ2v) is 8.60. The molecule has 0 spiro atoms. The molecule has 2 fully saturated rings. The summed E-state index contributed by atoms with van der Waals surface area (Å²) < 4.78 is 25.0. The van der Waals surface area contributed by atoms with Gasteiger partial charge < -0.3 is 4.90 Å². The van der Waals surface area contributed by atoms with Crippen molar-refractivity contribution in [3.05, 3.63) is 18.0 Å². The summed E-state index contributed by atoms with van der Waals surface area (Å²) in [5.74, 6) is 1.32. The summed E-state index contributed by atoms with van der Waals surface area (Å²) in [5, 5.41) is 4.41. The van der Waals surface area contributed by atoms with Crippen LogP contribution in [0.1, 0.15) is 30.9 Å². The minimum atomic E-state index is -2.73. The molecule has 1 unspecified atom stereocenters. The highest BCUT2D eigenvalue weighted by molar-refractivity contribution is 7.91. The van der Waals surface area contributed by atoms with E-state index in [0.717, 1.165) is 38.9 Å². The van der Waals surface area contributed by atoms with E-state index < -0.39 is 9.84 Å². The van der Waals surface area contributed by atoms with Gasteiger partial charge in [-0.05, 0) is 37.7 Å². The van der Waals surface area contributed by atoms with Crippen molar-refractivity contribution in [1.29, 1.82) is 0 Å². The van der Waals surface area contributed by atoms with E-state index in [1.54, 1.807) is 0 Å². The Morgan fingerprint density at radius 1 is 1.30 bits per heavy atom. The van der Waals surface area contributed by atoms with Crippen molar-refractivity contribution >= 4 is 9.84 Å². The maximum Gasteiger partial charge on any atom is 0.150 e. The van der Waals surface area contributed by atoms with Crippen LogP contribution in [-0.2, 0) is 9.84 Å². The summed E-state index contributed by atoms with van der Waals surface area (Å²) >= 11 is 0. The molecule has 2 aliphatic rings. The standard InChI is InChI=1S/C14H23N3O2S/c1-12-8-15-17(9-12)14-2-5-16(11-14)10-13-3-6-20(18,19)7-4-13/h8-9,13-14H,2-7,10-11H2,1H3. The van der Waals surface area contributed by atoms with Gasteiger partial charge in [-0.25, -0.2) is 8.42 Å². The van der Waals surface area contributed by atoms with E-state index in [9.17, 15) is 8.42 Å². The van der Waals surface area contributed by atoms with Gasteiger partial charge in [-0.1, -0.05) is 0 Å². The van der Waals surface area contributed by atoms with Gasteiger partial charge in [0, 0.05) is 25.8 Å². The van der Waals surface area contributed by atoms with Crippen LogP contribution in [0.2, 0.25) is 0 Å². The third-order valence-electron chi connectivity index (χ3n) is 4.54. The van der Waals surface area contributed by atoms with E-state index in [-0.39, 0.29) is 0 Å². The van der Waals surface area contributed by atoms with Gasteiger partial charge in [-0.2, -0.15) is 5.10 Å². The molecular formula is C14H23N3O2S. The molecule has 0 aliphatic carbocycles. The van der Waals surface area contributed by atoms with Crippen molar-refractivity contribution in [1.82, 2.24) is 14.7 Å². The van der Waals surface area contributed by atoms with Gasteiger partial charge in [0.15, 0.2) is 0 Å². The molecule has 0 aromatic carbocycles. The second-order valence-electron chi connectivity index (χ2n) is 6.29. The number of hydrogen-bond acceptors (Lipinski definition) is 4. The third-order valence-corrected chi connectivity index (χ3v) is 6.26. The zero-order chi connectivity index (χ0) is 14.2. The minimum absolute atomic E-state index is 0.382. The number of hydrogen-bond donors (Lipinski definition) is 0. The molecule has 20 heavy (non-hydrogen) atoms. The first kappa shape index (κ1) is 14.1. The quantitative estimate of drug-likeness (QED) is 0.843. The summed E-state index contributed by atoms with van der Waals surface area (Å²) in [7, 11) is -2.73. The summed E-state index contributed by atoms with van der Waals surface area (Å²) in [6, 6.07) is 0.482. The number of aryl methyl sites for hydroxylation is 1. The molecule has 1 aromatic rings. The Morgan fingerprint density at radius 2 is 2.05 bits per heavy atom. The first-order valence-electron chi connectivity index (χ1n) is 7.45. The smallest absolute Gasteiger partial charge is 0.150 e. The Balaban J connectivity index is 1.51. The van der Waals surface area contributed by atoms with Crippen LogP contribution in [0.15, 0.2) is 12.4 Å². The fourth-order valence-corrected chi connectivity index (χ4v) is 4.90. The molecule has 3 rings (SSSR count). The minimum Gasteiger partial charge on any atom is -0.301 e. The number of likely N-dealkylation sites (tertiary alicyclic amines) is 1. The lowest BCUT2D eigenvalue weighted by atomic mass is 10.0. The van der Waals surface area contributed by atoms with Crippen molar-refractivity contribution in [2.24, 2.45) is 5.92 Å². The Kier molecular flexibility index (Phi) is 3.86. The van der Waals surface area contributed by atoms with Crippen molar-refractivity contribution < 1.29 is 8.42 Å². The lowest BCUT2D eigenvalue weighted by molar-refractivity contribution is 0.255. The highest BCUT2D eigenvalue weighted by Gasteiger charge is 2.29. The summed E-state index contributed by atoms with van der Waals surface area (Å²) in [5.41, 5.74) is 1.21. The van der Waals surface area contributed by atoms with Gasteiger partial charge in [-0.15, -0.1) is 0 Å². The monoisotopic (exact) mass is 297 g/mol. The molecule has 2 aliphatic heterocycles. The first-order valence-corrected chi connectivity index (χ1v) is 9.27. The molecule has 2 saturated heterocycles. The largest absolute Gasteiger partial charge is 0.301 e. The van der Waals surface area contributed by atoms with Crippen LogP contribution in [0.4, 0.5) is 0 Å². The van der Waals surface area contributed by atoms with Crippen molar-refractivity contribution in [3.63, 3.8) is 0 Å². The van der Waals surface area contributed by atoms with E-state index >= 15 is 0 Å². The molecule has 112 valence electrons. The van der Waals surface area contributed by atoms with Crippen LogP contribution in [0.25, 0.3) is 0 Å². The average Bonchev–Trinajstić information content (AvgIpc) is 3.01. The van der Waals surface area contributed by atoms with Crippen LogP contribution in [0.5, 0.6) is 0 Å². The van der Waals surface area contributed by atoms with Gasteiger partial charge in [0.1, 0.15) is 9.84 Å². The van der Waals surface area contributed by atoms with Crippen LogP contribution in [-0.4, -0.2) is 54.2 Å². The average molecular weight is 297 g/mol. The second kappa shape index (κ2) is 5.48. The highest BCUT2D eigenvalue weighted by atomic mass is 32.2. The molecular weight excluding hydrogens is 274 g/mol. The number of nitrogens with zero attached hydrogens (tertiary/aromatic N) is 3. The lowest BCUT2D eigenvalue weighted by Gasteiger charge is -2.26. The molecule has 3 heterocycles. The summed E-state index contributed by atoms with van der Waals surface area (Å²) in [4.78, 5) is 2.48. The molecule has 0 radical (unpaired) electrons. The fraction of sp³-hybridized carbons (Fsp3) is 0.786. The van der Waals surface area contributed by atoms with Crippen LogP contribution < -0.4 is 0 Å². The number of rotatable bonds is 3. The molecule has 1 atom stereocenters. The SMILES string of the molecule is Cc1cnn(C2CCN(CC3CCS(=O)(=O)CC3)C2)c1. The third kappa shape index (κ3) is 3.23. The summed E-state index contributed by atoms with van der Waals surface area (Å²) in [6.45, 7) is 5.27. The van der Waals surface area contributed by atoms with E-state index in [1.807, 2.05) is 6.20 Å². The molecule has 6 heteroatoms. The molecule has 0 N–H and O–H groups in total. The van der Waals surface area contributed by atoms with Crippen LogP contribution in [0.3, 0.4) is 0 Å². The van der Waals surface area contributed by atoms with Gasteiger partial charge in [-0.3, -0.25) is 4.68 Å². The number of aromatic nitrogens is 2.